The first-order valence-corrected chi connectivity index (χ1v) is 7.49. The number of hydrogen-bond donors (Lipinski definition) is 2. The van der Waals surface area contributed by atoms with Crippen LogP contribution in [0.3, 0.4) is 0 Å². The maximum Gasteiger partial charge on any atom is 0.251 e. The molecule has 0 radical (unpaired) electrons. The Bertz CT molecular complexity index is 797. The second-order valence-corrected chi connectivity index (χ2v) is 5.65. The Balaban J connectivity index is 1.65. The van der Waals surface area contributed by atoms with Gasteiger partial charge < -0.3 is 14.9 Å². The zero-order chi connectivity index (χ0) is 17.0. The van der Waals surface area contributed by atoms with Crippen LogP contribution in [-0.2, 0) is 5.60 Å². The van der Waals surface area contributed by atoms with Crippen molar-refractivity contribution in [1.29, 1.82) is 0 Å². The van der Waals surface area contributed by atoms with Crippen LogP contribution in [0.5, 0.6) is 0 Å². The summed E-state index contributed by atoms with van der Waals surface area (Å²) in [6.45, 7) is 1.78. The summed E-state index contributed by atoms with van der Waals surface area (Å²) in [6, 6.07) is 16.1. The van der Waals surface area contributed by atoms with Gasteiger partial charge in [0.05, 0.1) is 6.54 Å². The summed E-state index contributed by atoms with van der Waals surface area (Å²) in [5, 5.41) is 17.0. The van der Waals surface area contributed by atoms with E-state index in [1.165, 1.54) is 6.39 Å². The van der Waals surface area contributed by atoms with Gasteiger partial charge in [-0.2, -0.15) is 4.98 Å². The fourth-order valence-corrected chi connectivity index (χ4v) is 2.32. The molecular formula is C18H17N3O3. The zero-order valence-corrected chi connectivity index (χ0v) is 13.1. The number of nitrogens with one attached hydrogen (secondary N) is 1. The molecule has 1 unspecified atom stereocenters. The molecule has 24 heavy (non-hydrogen) atoms. The van der Waals surface area contributed by atoms with Crippen LogP contribution in [0.15, 0.2) is 65.5 Å². The van der Waals surface area contributed by atoms with E-state index in [4.69, 9.17) is 4.52 Å². The van der Waals surface area contributed by atoms with Crippen molar-refractivity contribution in [2.24, 2.45) is 0 Å². The minimum absolute atomic E-state index is 0.114. The van der Waals surface area contributed by atoms with Crippen molar-refractivity contribution in [2.45, 2.75) is 12.5 Å². The second kappa shape index (κ2) is 6.64. The van der Waals surface area contributed by atoms with E-state index in [1.54, 1.807) is 31.2 Å². The maximum absolute atomic E-state index is 12.2. The van der Waals surface area contributed by atoms with E-state index < -0.39 is 5.60 Å². The van der Waals surface area contributed by atoms with Crippen LogP contribution < -0.4 is 5.32 Å². The van der Waals surface area contributed by atoms with E-state index in [9.17, 15) is 9.90 Å². The molecule has 6 nitrogen and oxygen atoms in total. The first-order chi connectivity index (χ1) is 11.6. The van der Waals surface area contributed by atoms with Gasteiger partial charge in [0, 0.05) is 11.1 Å². The molecule has 6 heteroatoms. The van der Waals surface area contributed by atoms with Gasteiger partial charge in [-0.1, -0.05) is 47.6 Å². The Hall–Kier alpha value is -2.99. The number of benzene rings is 2. The third kappa shape index (κ3) is 3.49. The van der Waals surface area contributed by atoms with E-state index in [-0.39, 0.29) is 12.5 Å². The normalized spacial score (nSPS) is 13.2. The number of aromatic nitrogens is 2. The van der Waals surface area contributed by atoms with Gasteiger partial charge in [0.25, 0.3) is 5.91 Å². The Morgan fingerprint density at radius 3 is 2.50 bits per heavy atom. The molecule has 122 valence electrons. The summed E-state index contributed by atoms with van der Waals surface area (Å²) in [5.41, 5.74) is 0.863. The van der Waals surface area contributed by atoms with Crippen LogP contribution in [0.2, 0.25) is 0 Å². The first-order valence-electron chi connectivity index (χ1n) is 7.49. The number of carbonyl (C=O) groups excluding carboxylic acids is 1. The van der Waals surface area contributed by atoms with Gasteiger partial charge >= 0.3 is 0 Å². The summed E-state index contributed by atoms with van der Waals surface area (Å²) < 4.78 is 4.70. The standard InChI is InChI=1S/C18H17N3O3/c1-18(23,15-5-3-2-4-6-15)11-19-17(22)14-9-7-13(8-10-14)16-20-12-24-21-16/h2-10,12,23H,11H2,1H3,(H,19,22). The summed E-state index contributed by atoms with van der Waals surface area (Å²) in [5.74, 6) is 0.208. The molecule has 1 heterocycles. The van der Waals surface area contributed by atoms with Gasteiger partial charge in [-0.05, 0) is 24.6 Å². The SMILES string of the molecule is CC(O)(CNC(=O)c1ccc(-c2ncon2)cc1)c1ccccc1. The molecule has 0 aliphatic carbocycles. The molecule has 0 aliphatic rings. The van der Waals surface area contributed by atoms with Gasteiger partial charge in [0.2, 0.25) is 12.2 Å². The van der Waals surface area contributed by atoms with E-state index in [1.807, 2.05) is 30.3 Å². The molecule has 1 aromatic heterocycles. The number of aliphatic hydroxyl groups is 1. The lowest BCUT2D eigenvalue weighted by molar-refractivity contribution is 0.0526. The molecule has 3 aromatic rings. The van der Waals surface area contributed by atoms with Gasteiger partial charge in [-0.25, -0.2) is 0 Å². The highest BCUT2D eigenvalue weighted by Gasteiger charge is 2.23. The number of amides is 1. The lowest BCUT2D eigenvalue weighted by Gasteiger charge is -2.24. The van der Waals surface area contributed by atoms with Crippen LogP contribution in [0.25, 0.3) is 11.4 Å². The average Bonchev–Trinajstić information content (AvgIpc) is 3.15. The lowest BCUT2D eigenvalue weighted by Crippen LogP contribution is -2.38. The van der Waals surface area contributed by atoms with E-state index in [0.29, 0.717) is 11.4 Å². The number of rotatable bonds is 5. The van der Waals surface area contributed by atoms with Crippen LogP contribution in [0.4, 0.5) is 0 Å². The Morgan fingerprint density at radius 2 is 1.88 bits per heavy atom. The average molecular weight is 323 g/mol. The minimum Gasteiger partial charge on any atom is -0.384 e. The van der Waals surface area contributed by atoms with Crippen LogP contribution >= 0.6 is 0 Å². The molecule has 3 rings (SSSR count). The highest BCUT2D eigenvalue weighted by molar-refractivity contribution is 5.94. The predicted molar refractivity (Wildman–Crippen MR) is 88.1 cm³/mol. The Kier molecular flexibility index (Phi) is 4.39. The predicted octanol–water partition coefficient (Wildman–Crippen LogP) is 2.37. The van der Waals surface area contributed by atoms with Crippen LogP contribution in [0.1, 0.15) is 22.8 Å². The Labute approximate surface area is 139 Å². The Morgan fingerprint density at radius 1 is 1.17 bits per heavy atom. The fourth-order valence-electron chi connectivity index (χ4n) is 2.32. The van der Waals surface area contributed by atoms with Gasteiger partial charge in [0.15, 0.2) is 0 Å². The van der Waals surface area contributed by atoms with Crippen molar-refractivity contribution in [1.82, 2.24) is 15.5 Å². The molecule has 0 bridgehead atoms. The molecule has 0 aliphatic heterocycles. The molecule has 2 aromatic carbocycles. The third-order valence-corrected chi connectivity index (χ3v) is 3.76. The van der Waals surface area contributed by atoms with Crippen molar-refractivity contribution in [2.75, 3.05) is 6.54 Å². The highest BCUT2D eigenvalue weighted by Crippen LogP contribution is 2.19. The van der Waals surface area contributed by atoms with Crippen molar-refractivity contribution in [3.8, 4) is 11.4 Å². The maximum atomic E-state index is 12.2. The van der Waals surface area contributed by atoms with Gasteiger partial charge in [-0.3, -0.25) is 4.79 Å². The van der Waals surface area contributed by atoms with Crippen molar-refractivity contribution in [3.63, 3.8) is 0 Å². The van der Waals surface area contributed by atoms with Gasteiger partial charge in [-0.15, -0.1) is 0 Å². The lowest BCUT2D eigenvalue weighted by atomic mass is 9.96. The molecule has 1 amide bonds. The number of hydrogen-bond acceptors (Lipinski definition) is 5. The van der Waals surface area contributed by atoms with E-state index in [2.05, 4.69) is 15.5 Å². The van der Waals surface area contributed by atoms with Crippen LogP contribution in [0, 0.1) is 0 Å². The highest BCUT2D eigenvalue weighted by atomic mass is 16.5. The molecule has 2 N–H and O–H groups in total. The molecule has 1 atom stereocenters. The monoisotopic (exact) mass is 323 g/mol. The summed E-state index contributed by atoms with van der Waals surface area (Å²) >= 11 is 0. The summed E-state index contributed by atoms with van der Waals surface area (Å²) in [6.07, 6.45) is 1.25. The number of nitrogens with zero attached hydrogens (tertiary/aromatic N) is 2. The van der Waals surface area contributed by atoms with Crippen LogP contribution in [-0.4, -0.2) is 27.7 Å². The summed E-state index contributed by atoms with van der Waals surface area (Å²) in [4.78, 5) is 16.2. The molecule has 0 spiro atoms. The van der Waals surface area contributed by atoms with E-state index >= 15 is 0 Å². The van der Waals surface area contributed by atoms with Crippen molar-refractivity contribution >= 4 is 5.91 Å². The largest absolute Gasteiger partial charge is 0.384 e. The first kappa shape index (κ1) is 15.9. The molecule has 0 saturated carbocycles. The third-order valence-electron chi connectivity index (χ3n) is 3.76. The topological polar surface area (TPSA) is 88.2 Å². The van der Waals surface area contributed by atoms with Crippen molar-refractivity contribution in [3.05, 3.63) is 72.1 Å². The van der Waals surface area contributed by atoms with E-state index in [0.717, 1.165) is 11.1 Å². The molecule has 0 saturated heterocycles. The molecule has 0 fully saturated rings. The zero-order valence-electron chi connectivity index (χ0n) is 13.1. The summed E-state index contributed by atoms with van der Waals surface area (Å²) in [7, 11) is 0. The number of carbonyl (C=O) groups is 1. The fraction of sp³-hybridized carbons (Fsp3) is 0.167. The quantitative estimate of drug-likeness (QED) is 0.752. The minimum atomic E-state index is -1.14. The smallest absolute Gasteiger partial charge is 0.251 e. The van der Waals surface area contributed by atoms with Crippen molar-refractivity contribution < 1.29 is 14.4 Å². The molecular weight excluding hydrogens is 306 g/mol. The van der Waals surface area contributed by atoms with Gasteiger partial charge in [0.1, 0.15) is 5.60 Å². The second-order valence-electron chi connectivity index (χ2n) is 5.65.